The van der Waals surface area contributed by atoms with E-state index in [4.69, 9.17) is 0 Å². The number of hydrogen-bond donors (Lipinski definition) is 2. The number of nitrogens with zero attached hydrogens (tertiary/aromatic N) is 2. The van der Waals surface area contributed by atoms with Crippen LogP contribution in [0.15, 0.2) is 23.2 Å². The number of halogens is 5. The highest BCUT2D eigenvalue weighted by molar-refractivity contribution is 14.0. The van der Waals surface area contributed by atoms with Gasteiger partial charge in [-0.15, -0.1) is 24.0 Å². The smallest absolute Gasteiger partial charge is 0.356 e. The molecule has 4 nitrogen and oxygen atoms in total. The van der Waals surface area contributed by atoms with E-state index in [-0.39, 0.29) is 35.8 Å². The third-order valence-corrected chi connectivity index (χ3v) is 5.23. The van der Waals surface area contributed by atoms with Gasteiger partial charge in [0.25, 0.3) is 0 Å². The third kappa shape index (κ3) is 9.06. The lowest BCUT2D eigenvalue weighted by molar-refractivity contribution is -0.148. The van der Waals surface area contributed by atoms with Crippen molar-refractivity contribution in [2.75, 3.05) is 33.2 Å². The van der Waals surface area contributed by atoms with Crippen molar-refractivity contribution < 1.29 is 17.6 Å². The van der Waals surface area contributed by atoms with Gasteiger partial charge in [0.05, 0.1) is 12.6 Å². The first-order chi connectivity index (χ1) is 13.2. The third-order valence-electron chi connectivity index (χ3n) is 5.23. The fraction of sp³-hybridized carbons (Fsp3) is 0.650. The van der Waals surface area contributed by atoms with Gasteiger partial charge in [-0.3, -0.25) is 9.89 Å². The number of nitrogens with one attached hydrogen (secondary N) is 2. The zero-order chi connectivity index (χ0) is 20.7. The number of hydrogen-bond acceptors (Lipinski definition) is 2. The predicted octanol–water partition coefficient (Wildman–Crippen LogP) is 4.64. The molecule has 1 aromatic carbocycles. The van der Waals surface area contributed by atoms with E-state index < -0.39 is 12.7 Å². The van der Waals surface area contributed by atoms with Crippen LogP contribution in [0, 0.1) is 18.7 Å². The molecule has 1 unspecified atom stereocenters. The molecule has 1 saturated heterocycles. The predicted molar refractivity (Wildman–Crippen MR) is 119 cm³/mol. The monoisotopic (exact) mass is 530 g/mol. The number of aryl methyl sites for hydroxylation is 1. The molecule has 0 saturated carbocycles. The minimum absolute atomic E-state index is 0. The van der Waals surface area contributed by atoms with Crippen molar-refractivity contribution in [3.63, 3.8) is 0 Å². The first kappa shape index (κ1) is 25.9. The molecule has 0 spiro atoms. The number of aliphatic imine (C=N–C) groups is 1. The Labute approximate surface area is 187 Å². The maximum Gasteiger partial charge on any atom is 0.401 e. The summed E-state index contributed by atoms with van der Waals surface area (Å²) in [5, 5.41) is 6.48. The molecule has 0 amide bonds. The number of alkyl halides is 3. The van der Waals surface area contributed by atoms with Crippen molar-refractivity contribution >= 4 is 29.9 Å². The number of benzene rings is 1. The first-order valence-corrected chi connectivity index (χ1v) is 9.70. The largest absolute Gasteiger partial charge is 0.401 e. The number of rotatable bonds is 6. The van der Waals surface area contributed by atoms with E-state index >= 15 is 0 Å². The molecule has 0 aliphatic carbocycles. The van der Waals surface area contributed by atoms with Gasteiger partial charge in [0.1, 0.15) is 5.82 Å². The van der Waals surface area contributed by atoms with Crippen LogP contribution >= 0.6 is 24.0 Å². The Morgan fingerprint density at radius 3 is 2.48 bits per heavy atom. The van der Waals surface area contributed by atoms with Crippen LogP contribution in [-0.2, 0) is 0 Å². The van der Waals surface area contributed by atoms with E-state index in [1.807, 2.05) is 13.0 Å². The summed E-state index contributed by atoms with van der Waals surface area (Å²) in [6, 6.07) is 5.06. The van der Waals surface area contributed by atoms with Crippen molar-refractivity contribution in [2.24, 2.45) is 10.9 Å². The van der Waals surface area contributed by atoms with Crippen molar-refractivity contribution in [1.29, 1.82) is 0 Å². The molecule has 1 aliphatic heterocycles. The fourth-order valence-corrected chi connectivity index (χ4v) is 3.44. The van der Waals surface area contributed by atoms with Crippen molar-refractivity contribution in [2.45, 2.75) is 45.3 Å². The topological polar surface area (TPSA) is 39.7 Å². The second-order valence-electron chi connectivity index (χ2n) is 7.50. The summed E-state index contributed by atoms with van der Waals surface area (Å²) in [5.41, 5.74) is 1.45. The molecular formula is C20H31F4IN4. The summed E-state index contributed by atoms with van der Waals surface area (Å²) in [5.74, 6) is 0.813. The van der Waals surface area contributed by atoms with Crippen LogP contribution in [0.5, 0.6) is 0 Å². The van der Waals surface area contributed by atoms with Gasteiger partial charge >= 0.3 is 6.18 Å². The molecule has 1 atom stereocenters. The Morgan fingerprint density at radius 2 is 1.93 bits per heavy atom. The average Bonchev–Trinajstić information content (AvgIpc) is 2.63. The zero-order valence-electron chi connectivity index (χ0n) is 17.2. The molecule has 0 bridgehead atoms. The molecule has 1 fully saturated rings. The van der Waals surface area contributed by atoms with E-state index in [0.29, 0.717) is 37.1 Å². The van der Waals surface area contributed by atoms with Crippen LogP contribution in [0.1, 0.15) is 43.4 Å². The van der Waals surface area contributed by atoms with Crippen LogP contribution in [0.2, 0.25) is 0 Å². The van der Waals surface area contributed by atoms with Gasteiger partial charge in [0.15, 0.2) is 5.96 Å². The van der Waals surface area contributed by atoms with Gasteiger partial charge in [0, 0.05) is 13.6 Å². The quantitative estimate of drug-likeness (QED) is 0.244. The van der Waals surface area contributed by atoms with Crippen LogP contribution in [0.4, 0.5) is 17.6 Å². The van der Waals surface area contributed by atoms with Crippen LogP contribution < -0.4 is 10.6 Å². The summed E-state index contributed by atoms with van der Waals surface area (Å²) in [6.07, 6.45) is -1.68. The van der Waals surface area contributed by atoms with Crippen LogP contribution in [0.3, 0.4) is 0 Å². The van der Waals surface area contributed by atoms with Crippen molar-refractivity contribution in [3.8, 4) is 0 Å². The summed E-state index contributed by atoms with van der Waals surface area (Å²) in [6.45, 7) is 4.53. The Kier molecular flexibility index (Phi) is 10.7. The maximum absolute atomic E-state index is 13.7. The van der Waals surface area contributed by atoms with E-state index in [1.54, 1.807) is 20.0 Å². The highest BCUT2D eigenvalue weighted by Crippen LogP contribution is 2.24. The Bertz CT molecular complexity index is 658. The molecule has 29 heavy (non-hydrogen) atoms. The molecular weight excluding hydrogens is 499 g/mol. The van der Waals surface area contributed by atoms with Gasteiger partial charge in [-0.2, -0.15) is 13.2 Å². The van der Waals surface area contributed by atoms with Crippen molar-refractivity contribution in [3.05, 3.63) is 35.1 Å². The standard InChI is InChI=1S/C20H30F4N4.HI/c1-14-4-5-17(12-18(14)21)15(2)27-19(25-3)26-9-6-16-7-10-28(11-8-16)13-20(22,23)24;/h4-5,12,15-16H,6-11,13H2,1-3H3,(H2,25,26,27);1H. The molecule has 1 aliphatic rings. The summed E-state index contributed by atoms with van der Waals surface area (Å²) in [4.78, 5) is 5.67. The molecule has 1 heterocycles. The molecule has 2 rings (SSSR count). The average molecular weight is 530 g/mol. The van der Waals surface area contributed by atoms with Gasteiger partial charge in [-0.1, -0.05) is 12.1 Å². The second kappa shape index (κ2) is 11.9. The molecule has 9 heteroatoms. The van der Waals surface area contributed by atoms with Crippen molar-refractivity contribution in [1.82, 2.24) is 15.5 Å². The summed E-state index contributed by atoms with van der Waals surface area (Å²) >= 11 is 0. The van der Waals surface area contributed by atoms with E-state index in [0.717, 1.165) is 24.8 Å². The molecule has 1 aromatic rings. The molecule has 0 radical (unpaired) electrons. The lowest BCUT2D eigenvalue weighted by atomic mass is 9.93. The van der Waals surface area contributed by atoms with Crippen LogP contribution in [-0.4, -0.2) is 50.3 Å². The number of guanidine groups is 1. The SMILES string of the molecule is CN=C(NCCC1CCN(CC(F)(F)F)CC1)NC(C)c1ccc(C)c(F)c1.I. The lowest BCUT2D eigenvalue weighted by Gasteiger charge is -2.32. The van der Waals surface area contributed by atoms with Gasteiger partial charge < -0.3 is 10.6 Å². The Hall–Kier alpha value is -1.10. The minimum Gasteiger partial charge on any atom is -0.356 e. The molecule has 166 valence electrons. The second-order valence-corrected chi connectivity index (χ2v) is 7.50. The number of likely N-dealkylation sites (tertiary alicyclic amines) is 1. The highest BCUT2D eigenvalue weighted by atomic mass is 127. The van der Waals surface area contributed by atoms with E-state index in [2.05, 4.69) is 15.6 Å². The maximum atomic E-state index is 13.7. The summed E-state index contributed by atoms with van der Waals surface area (Å²) in [7, 11) is 1.67. The zero-order valence-corrected chi connectivity index (χ0v) is 19.5. The highest BCUT2D eigenvalue weighted by Gasteiger charge is 2.32. The Balaban J connectivity index is 0.00000420. The lowest BCUT2D eigenvalue weighted by Crippen LogP contribution is -2.42. The van der Waals surface area contributed by atoms with E-state index in [9.17, 15) is 17.6 Å². The normalized spacial score (nSPS) is 17.6. The first-order valence-electron chi connectivity index (χ1n) is 9.70. The van der Waals surface area contributed by atoms with E-state index in [1.165, 1.54) is 11.0 Å². The minimum atomic E-state index is -4.12. The molecule has 0 aromatic heterocycles. The fourth-order valence-electron chi connectivity index (χ4n) is 3.44. The van der Waals surface area contributed by atoms with Gasteiger partial charge in [-0.05, 0) is 69.3 Å². The van der Waals surface area contributed by atoms with Crippen LogP contribution in [0.25, 0.3) is 0 Å². The number of piperidine rings is 1. The van der Waals surface area contributed by atoms with Gasteiger partial charge in [-0.25, -0.2) is 4.39 Å². The molecule has 2 N–H and O–H groups in total. The van der Waals surface area contributed by atoms with Gasteiger partial charge in [0.2, 0.25) is 0 Å². The summed E-state index contributed by atoms with van der Waals surface area (Å²) < 4.78 is 51.1. The Morgan fingerprint density at radius 1 is 1.28 bits per heavy atom.